The van der Waals surface area contributed by atoms with Gasteiger partial charge in [-0.2, -0.15) is 0 Å². The number of phenolic OH excluding ortho intramolecular Hbond substituents is 3. The van der Waals surface area contributed by atoms with E-state index in [1.807, 2.05) is 12.1 Å². The van der Waals surface area contributed by atoms with Gasteiger partial charge in [0.25, 0.3) is 0 Å². The molecule has 3 N–H and O–H groups in total. The topological polar surface area (TPSA) is 63.9 Å². The first-order valence-electron chi connectivity index (χ1n) is 7.74. The number of aromatic hydroxyl groups is 3. The van der Waals surface area contributed by atoms with Crippen LogP contribution in [-0.2, 0) is 12.8 Å². The first-order chi connectivity index (χ1) is 10.6. The van der Waals surface area contributed by atoms with Crippen molar-refractivity contribution in [2.45, 2.75) is 25.8 Å². The fourth-order valence-corrected chi connectivity index (χ4v) is 4.02. The van der Waals surface area contributed by atoms with Crippen molar-refractivity contribution in [2.75, 3.05) is 13.1 Å². The average molecular weight is 378 g/mol. The second kappa shape index (κ2) is 5.73. The number of likely N-dealkylation sites (N-methyl/N-ethyl adjacent to an activating group) is 1. The first-order valence-corrected chi connectivity index (χ1v) is 7.74. The third kappa shape index (κ3) is 2.30. The molecular weight excluding hydrogens is 358 g/mol. The van der Waals surface area contributed by atoms with Crippen molar-refractivity contribution < 1.29 is 15.3 Å². The summed E-state index contributed by atoms with van der Waals surface area (Å²) in [6.45, 7) is 4.12. The molecule has 23 heavy (non-hydrogen) atoms. The molecule has 2 aromatic carbocycles. The zero-order valence-corrected chi connectivity index (χ0v) is 14.6. The summed E-state index contributed by atoms with van der Waals surface area (Å²) in [7, 11) is 0. The minimum Gasteiger partial charge on any atom is -0.508 e. The molecule has 1 unspecified atom stereocenters. The first kappa shape index (κ1) is 16.1. The summed E-state index contributed by atoms with van der Waals surface area (Å²) in [6.07, 6.45) is 1.72. The van der Waals surface area contributed by atoms with E-state index in [0.717, 1.165) is 42.6 Å². The Labute approximate surface area is 145 Å². The molecule has 2 aromatic rings. The van der Waals surface area contributed by atoms with Crippen molar-refractivity contribution in [1.82, 2.24) is 4.90 Å². The zero-order chi connectivity index (χ0) is 15.4. The van der Waals surface area contributed by atoms with Crippen molar-refractivity contribution >= 4 is 17.0 Å². The molecule has 122 valence electrons. The number of hydrogen-bond acceptors (Lipinski definition) is 4. The summed E-state index contributed by atoms with van der Waals surface area (Å²) in [6, 6.07) is 7.24. The Balaban J connectivity index is 0.00000156. The third-order valence-corrected chi connectivity index (χ3v) is 5.02. The van der Waals surface area contributed by atoms with Crippen molar-refractivity contribution in [3.05, 3.63) is 41.0 Å². The molecule has 0 saturated heterocycles. The number of rotatable bonds is 1. The Morgan fingerprint density at radius 3 is 2.65 bits per heavy atom. The Hall–Kier alpha value is -1.72. The lowest BCUT2D eigenvalue weighted by atomic mass is 9.76. The van der Waals surface area contributed by atoms with Gasteiger partial charge in [0.1, 0.15) is 5.75 Å². The molecule has 0 fully saturated rings. The Bertz CT molecular complexity index is 775. The van der Waals surface area contributed by atoms with Gasteiger partial charge in [-0.05, 0) is 59.8 Å². The van der Waals surface area contributed by atoms with Crippen molar-refractivity contribution in [3.63, 3.8) is 0 Å². The van der Waals surface area contributed by atoms with E-state index in [-0.39, 0.29) is 40.3 Å². The summed E-state index contributed by atoms with van der Waals surface area (Å²) in [5.41, 5.74) is 4.89. The number of halogens is 1. The SMILES string of the molecule is Br.CCN1CCc2cc(O)cc3c2C1Cc1ccc(O)c(O)c1-3. The van der Waals surface area contributed by atoms with Crippen LogP contribution < -0.4 is 0 Å². The molecule has 1 atom stereocenters. The number of fused-ring (bicyclic) bond motifs is 2. The predicted molar refractivity (Wildman–Crippen MR) is 94.6 cm³/mol. The molecule has 0 amide bonds. The van der Waals surface area contributed by atoms with E-state index in [2.05, 4.69) is 11.8 Å². The van der Waals surface area contributed by atoms with Crippen LogP contribution in [0.25, 0.3) is 11.1 Å². The minimum absolute atomic E-state index is 0. The Morgan fingerprint density at radius 1 is 1.13 bits per heavy atom. The van der Waals surface area contributed by atoms with Crippen molar-refractivity contribution in [3.8, 4) is 28.4 Å². The van der Waals surface area contributed by atoms with Crippen LogP contribution in [0.15, 0.2) is 24.3 Å². The van der Waals surface area contributed by atoms with Crippen LogP contribution in [0.1, 0.15) is 29.7 Å². The van der Waals surface area contributed by atoms with Gasteiger partial charge in [-0.15, -0.1) is 17.0 Å². The van der Waals surface area contributed by atoms with Gasteiger partial charge in [0.2, 0.25) is 0 Å². The van der Waals surface area contributed by atoms with E-state index in [4.69, 9.17) is 0 Å². The van der Waals surface area contributed by atoms with Crippen LogP contribution >= 0.6 is 17.0 Å². The molecule has 0 aromatic heterocycles. The van der Waals surface area contributed by atoms with Crippen LogP contribution in [0.3, 0.4) is 0 Å². The molecule has 1 aliphatic heterocycles. The molecule has 0 saturated carbocycles. The molecule has 4 nitrogen and oxygen atoms in total. The van der Waals surface area contributed by atoms with Crippen molar-refractivity contribution in [1.29, 1.82) is 0 Å². The summed E-state index contributed by atoms with van der Waals surface area (Å²) in [5, 5.41) is 30.2. The maximum atomic E-state index is 10.3. The summed E-state index contributed by atoms with van der Waals surface area (Å²) in [5.74, 6) is 0.0165. The number of nitrogens with zero attached hydrogens (tertiary/aromatic N) is 1. The van der Waals surface area contributed by atoms with Gasteiger partial charge in [0.15, 0.2) is 11.5 Å². The fourth-order valence-electron chi connectivity index (χ4n) is 4.02. The summed E-state index contributed by atoms with van der Waals surface area (Å²) < 4.78 is 0. The third-order valence-electron chi connectivity index (χ3n) is 5.02. The van der Waals surface area contributed by atoms with Gasteiger partial charge in [0, 0.05) is 18.2 Å². The maximum absolute atomic E-state index is 10.3. The predicted octanol–water partition coefficient (Wildman–Crippen LogP) is 3.52. The van der Waals surface area contributed by atoms with Crippen LogP contribution in [0.5, 0.6) is 17.2 Å². The highest BCUT2D eigenvalue weighted by Crippen LogP contribution is 2.51. The molecule has 1 heterocycles. The Kier molecular flexibility index (Phi) is 4.02. The maximum Gasteiger partial charge on any atom is 0.165 e. The van der Waals surface area contributed by atoms with Crippen LogP contribution in [0.2, 0.25) is 0 Å². The van der Waals surface area contributed by atoms with Gasteiger partial charge in [0.05, 0.1) is 0 Å². The van der Waals surface area contributed by atoms with Crippen LogP contribution in [0.4, 0.5) is 0 Å². The van der Waals surface area contributed by atoms with E-state index in [9.17, 15) is 15.3 Å². The van der Waals surface area contributed by atoms with Crippen LogP contribution in [0, 0.1) is 0 Å². The molecule has 5 heteroatoms. The molecule has 4 rings (SSSR count). The normalized spacial score (nSPS) is 18.7. The molecule has 0 radical (unpaired) electrons. The Morgan fingerprint density at radius 2 is 1.91 bits per heavy atom. The highest BCUT2D eigenvalue weighted by atomic mass is 79.9. The van der Waals surface area contributed by atoms with E-state index in [1.165, 1.54) is 5.56 Å². The number of benzene rings is 2. The monoisotopic (exact) mass is 377 g/mol. The van der Waals surface area contributed by atoms with E-state index in [1.54, 1.807) is 12.1 Å². The molecule has 0 spiro atoms. The molecule has 1 aliphatic carbocycles. The van der Waals surface area contributed by atoms with Crippen LogP contribution in [-0.4, -0.2) is 33.3 Å². The van der Waals surface area contributed by atoms with Gasteiger partial charge in [-0.1, -0.05) is 13.0 Å². The quantitative estimate of drug-likeness (QED) is 0.665. The number of phenols is 3. The van der Waals surface area contributed by atoms with E-state index >= 15 is 0 Å². The zero-order valence-electron chi connectivity index (χ0n) is 12.9. The van der Waals surface area contributed by atoms with Gasteiger partial charge in [-0.25, -0.2) is 0 Å². The van der Waals surface area contributed by atoms with Gasteiger partial charge < -0.3 is 15.3 Å². The molecule has 2 aliphatic rings. The highest BCUT2D eigenvalue weighted by molar-refractivity contribution is 8.93. The minimum atomic E-state index is -0.113. The lowest BCUT2D eigenvalue weighted by Crippen LogP contribution is -2.38. The molecular formula is C18H20BrNO3. The van der Waals surface area contributed by atoms with E-state index in [0.29, 0.717) is 5.56 Å². The second-order valence-corrected chi connectivity index (χ2v) is 6.13. The lowest BCUT2D eigenvalue weighted by molar-refractivity contribution is 0.192. The number of hydrogen-bond donors (Lipinski definition) is 3. The fraction of sp³-hybridized carbons (Fsp3) is 0.333. The van der Waals surface area contributed by atoms with Gasteiger partial charge in [-0.3, -0.25) is 4.90 Å². The standard InChI is InChI=1S/C18H19NO3.BrH/c1-2-19-6-5-11-7-12(20)9-13-16(11)14(19)8-10-3-4-15(21)18(22)17(10)13;/h3-4,7,9,14,20-22H,2,5-6,8H2,1H3;1H. The van der Waals surface area contributed by atoms with Gasteiger partial charge >= 0.3 is 0 Å². The second-order valence-electron chi connectivity index (χ2n) is 6.13. The summed E-state index contributed by atoms with van der Waals surface area (Å²) in [4.78, 5) is 2.44. The largest absolute Gasteiger partial charge is 0.508 e. The summed E-state index contributed by atoms with van der Waals surface area (Å²) >= 11 is 0. The van der Waals surface area contributed by atoms with E-state index < -0.39 is 0 Å². The average Bonchev–Trinajstić information content (AvgIpc) is 2.51. The smallest absolute Gasteiger partial charge is 0.165 e. The lowest BCUT2D eigenvalue weighted by Gasteiger charge is -2.41. The molecule has 0 bridgehead atoms. The highest BCUT2D eigenvalue weighted by Gasteiger charge is 2.35. The van der Waals surface area contributed by atoms with Crippen molar-refractivity contribution in [2.24, 2.45) is 0 Å².